The van der Waals surface area contributed by atoms with E-state index in [1.54, 1.807) is 25.7 Å². The lowest BCUT2D eigenvalue weighted by Gasteiger charge is -2.51. The molecular weight excluding hydrogens is 721 g/mol. The fourth-order valence-electron chi connectivity index (χ4n) is 5.95. The summed E-state index contributed by atoms with van der Waals surface area (Å²) in [5.41, 5.74) is 1.48. The summed E-state index contributed by atoms with van der Waals surface area (Å²) in [6.07, 6.45) is 1.89. The van der Waals surface area contributed by atoms with Crippen molar-refractivity contribution in [2.75, 3.05) is 11.4 Å². The number of nitrogens with zero attached hydrogens (tertiary/aromatic N) is 4. The fraction of sp³-hybridized carbons (Fsp3) is 0.364. The second-order valence-corrected chi connectivity index (χ2v) is 13.6. The minimum absolute atomic E-state index is 0. The van der Waals surface area contributed by atoms with Crippen molar-refractivity contribution < 1.29 is 57.3 Å². The van der Waals surface area contributed by atoms with Gasteiger partial charge in [-0.15, -0.1) is 11.8 Å². The zero-order chi connectivity index (χ0) is 31.9. The number of carbonyl (C=O) groups is 4. The third kappa shape index (κ3) is 6.39. The van der Waals surface area contributed by atoms with Crippen molar-refractivity contribution >= 4 is 47.7 Å². The number of benzene rings is 2. The summed E-state index contributed by atoms with van der Waals surface area (Å²) in [5, 5.41) is 1.85. The quantitative estimate of drug-likeness (QED) is 0.125. The molecular formula is C33H36IN5O6S. The molecule has 0 saturated carbocycles. The van der Waals surface area contributed by atoms with Crippen LogP contribution in [0.15, 0.2) is 78.6 Å². The molecule has 3 atom stereocenters. The summed E-state index contributed by atoms with van der Waals surface area (Å²) in [4.78, 5) is 55.7. The number of anilines is 1. The van der Waals surface area contributed by atoms with Crippen LogP contribution >= 0.6 is 11.8 Å². The van der Waals surface area contributed by atoms with Crippen molar-refractivity contribution in [2.45, 2.75) is 69.0 Å². The zero-order valence-corrected chi connectivity index (χ0v) is 28.9. The number of β-lactam (4-membered cyclic amide) rings is 1. The molecule has 13 heteroatoms. The summed E-state index contributed by atoms with van der Waals surface area (Å²) in [6, 6.07) is 19.8. The average molecular weight is 758 g/mol. The van der Waals surface area contributed by atoms with Gasteiger partial charge in [0.15, 0.2) is 11.8 Å². The van der Waals surface area contributed by atoms with Crippen molar-refractivity contribution in [2.24, 2.45) is 0 Å². The van der Waals surface area contributed by atoms with Gasteiger partial charge in [-0.3, -0.25) is 14.5 Å². The van der Waals surface area contributed by atoms with Crippen molar-refractivity contribution in [1.29, 1.82) is 0 Å². The fourth-order valence-corrected chi connectivity index (χ4v) is 7.39. The number of aromatic nitrogens is 2. The lowest BCUT2D eigenvalue weighted by Crippen LogP contribution is -3.00. The summed E-state index contributed by atoms with van der Waals surface area (Å²) in [7, 11) is 0. The van der Waals surface area contributed by atoms with E-state index in [-0.39, 0.29) is 34.9 Å². The highest BCUT2D eigenvalue weighted by Crippen LogP contribution is 2.46. The van der Waals surface area contributed by atoms with Gasteiger partial charge in [-0.05, 0) is 38.8 Å². The first-order valence-corrected chi connectivity index (χ1v) is 15.9. The lowest BCUT2D eigenvalue weighted by atomic mass is 10.0. The van der Waals surface area contributed by atoms with Crippen molar-refractivity contribution in [1.82, 2.24) is 14.9 Å². The highest BCUT2D eigenvalue weighted by atomic mass is 127. The Bertz CT molecular complexity index is 1620. The number of amides is 3. The van der Waals surface area contributed by atoms with Gasteiger partial charge >= 0.3 is 17.9 Å². The van der Waals surface area contributed by atoms with E-state index in [1.807, 2.05) is 89.2 Å². The second kappa shape index (κ2) is 13.5. The van der Waals surface area contributed by atoms with Crippen LogP contribution < -0.4 is 38.9 Å². The number of carbonyl (C=O) groups excluding carboxylic acids is 4. The van der Waals surface area contributed by atoms with Crippen molar-refractivity contribution in [3.63, 3.8) is 0 Å². The van der Waals surface area contributed by atoms with Gasteiger partial charge in [0.25, 0.3) is 12.3 Å². The van der Waals surface area contributed by atoms with Crippen LogP contribution in [0, 0.1) is 0 Å². The predicted octanol–water partition coefficient (Wildman–Crippen LogP) is 0.844. The standard InChI is InChI=1S/C33H35N5O6S.HI/c1-21-26(37-19-16-24-35(20-39)17-11-18-36(24)37)27(38-29(40)25(30(38)45-21)34-32(42)44-33(2,3)4)31(41)43-28(22-12-7-5-8-13-22)23-14-9-6-10-15-23;/h5-10,12-16,19-21,25,28,30H,11,17-18H2,1-4H3;1H/t21?,25-,30-;/m1./s1. The van der Waals surface area contributed by atoms with Gasteiger partial charge in [0.2, 0.25) is 0 Å². The first-order chi connectivity index (χ1) is 21.6. The molecule has 0 bridgehead atoms. The van der Waals surface area contributed by atoms with E-state index in [9.17, 15) is 19.2 Å². The van der Waals surface area contributed by atoms with Gasteiger partial charge in [0.05, 0.1) is 24.1 Å². The molecule has 0 radical (unpaired) electrons. The predicted molar refractivity (Wildman–Crippen MR) is 168 cm³/mol. The first kappa shape index (κ1) is 33.5. The Labute approximate surface area is 288 Å². The van der Waals surface area contributed by atoms with Crippen LogP contribution in [0.25, 0.3) is 5.70 Å². The topological polar surface area (TPSA) is 114 Å². The Balaban J connectivity index is 0.00000417. The van der Waals surface area contributed by atoms with E-state index < -0.39 is 41.1 Å². The lowest BCUT2D eigenvalue weighted by molar-refractivity contribution is -0.757. The molecule has 242 valence electrons. The van der Waals surface area contributed by atoms with E-state index in [0.29, 0.717) is 24.6 Å². The molecule has 1 N–H and O–H groups in total. The van der Waals surface area contributed by atoms with Crippen molar-refractivity contribution in [3.8, 4) is 0 Å². The van der Waals surface area contributed by atoms with Crippen LogP contribution in [0.2, 0.25) is 0 Å². The molecule has 3 aromatic rings. The Kier molecular flexibility index (Phi) is 9.82. The maximum Gasteiger partial charge on any atom is 0.408 e. The number of fused-ring (bicyclic) bond motifs is 2. The molecule has 4 heterocycles. The van der Waals surface area contributed by atoms with Gasteiger partial charge < -0.3 is 38.8 Å². The maximum absolute atomic E-state index is 14.5. The van der Waals surface area contributed by atoms with Gasteiger partial charge in [-0.25, -0.2) is 9.59 Å². The first-order valence-electron chi connectivity index (χ1n) is 14.9. The maximum atomic E-state index is 14.5. The molecule has 3 aliphatic heterocycles. The number of hydrogen-bond donors (Lipinski definition) is 1. The number of esters is 1. The minimum Gasteiger partial charge on any atom is -1.00 e. The third-order valence-corrected chi connectivity index (χ3v) is 9.27. The largest absolute Gasteiger partial charge is 1.00 e. The molecule has 11 nitrogen and oxygen atoms in total. The van der Waals surface area contributed by atoms with Gasteiger partial charge in [-0.2, -0.15) is 14.3 Å². The van der Waals surface area contributed by atoms with E-state index in [0.717, 1.165) is 24.0 Å². The highest BCUT2D eigenvalue weighted by molar-refractivity contribution is 8.01. The highest BCUT2D eigenvalue weighted by Gasteiger charge is 2.57. The van der Waals surface area contributed by atoms with Crippen LogP contribution in [-0.2, 0) is 30.4 Å². The molecule has 1 saturated heterocycles. The summed E-state index contributed by atoms with van der Waals surface area (Å²) in [5.74, 6) is -0.414. The van der Waals surface area contributed by atoms with Crippen molar-refractivity contribution in [3.05, 3.63) is 89.8 Å². The van der Waals surface area contributed by atoms with Crippen LogP contribution in [0.4, 0.5) is 10.6 Å². The van der Waals surface area contributed by atoms with Gasteiger partial charge in [-0.1, -0.05) is 60.7 Å². The summed E-state index contributed by atoms with van der Waals surface area (Å²) in [6.45, 7) is 8.41. The molecule has 6 rings (SSSR count). The second-order valence-electron chi connectivity index (χ2n) is 12.1. The smallest absolute Gasteiger partial charge is 0.408 e. The van der Waals surface area contributed by atoms with E-state index in [1.165, 1.54) is 16.7 Å². The third-order valence-electron chi connectivity index (χ3n) is 7.88. The van der Waals surface area contributed by atoms with E-state index in [2.05, 4.69) is 5.32 Å². The molecule has 2 aromatic carbocycles. The Morgan fingerprint density at radius 1 is 1.04 bits per heavy atom. The molecule has 3 aliphatic rings. The zero-order valence-electron chi connectivity index (χ0n) is 26.0. The number of rotatable bonds is 7. The number of hydrogen-bond acceptors (Lipinski definition) is 7. The van der Waals surface area contributed by atoms with E-state index >= 15 is 0 Å². The molecule has 1 aromatic heterocycles. The molecule has 1 fully saturated rings. The Morgan fingerprint density at radius 3 is 2.26 bits per heavy atom. The summed E-state index contributed by atoms with van der Waals surface area (Å²) < 4.78 is 15.5. The van der Waals surface area contributed by atoms with Crippen LogP contribution in [0.1, 0.15) is 51.3 Å². The number of halogens is 1. The van der Waals surface area contributed by atoms with Gasteiger partial charge in [0, 0.05) is 6.42 Å². The monoisotopic (exact) mass is 757 g/mol. The Morgan fingerprint density at radius 2 is 1.67 bits per heavy atom. The Hall–Kier alpha value is -3.85. The number of nitrogens with one attached hydrogen (secondary N) is 1. The van der Waals surface area contributed by atoms with Crippen LogP contribution in [0.5, 0.6) is 0 Å². The van der Waals surface area contributed by atoms with Crippen LogP contribution in [-0.4, -0.2) is 62.8 Å². The number of ether oxygens (including phenoxy) is 2. The molecule has 0 spiro atoms. The number of thioether (sulfide) groups is 1. The normalized spacial score (nSPS) is 20.6. The van der Waals surface area contributed by atoms with Gasteiger partial charge in [0.1, 0.15) is 29.3 Å². The molecule has 0 aliphatic carbocycles. The molecule has 3 amide bonds. The SMILES string of the molecule is CC1S[C@@H]2[C@H](NC(=O)OC(C)(C)C)C(=O)N2C(C(=O)OC(c2ccccc2)c2ccccc2)=C1n1ccc2[n+]1CCCN2C=O.[I-]. The minimum atomic E-state index is -0.882. The average Bonchev–Trinajstić information content (AvgIpc) is 3.45. The number of alkyl carbamates (subject to hydrolysis) is 1. The molecule has 1 unspecified atom stereocenters. The summed E-state index contributed by atoms with van der Waals surface area (Å²) >= 11 is 1.46. The van der Waals surface area contributed by atoms with E-state index in [4.69, 9.17) is 9.47 Å². The molecule has 46 heavy (non-hydrogen) atoms. The van der Waals surface area contributed by atoms with Crippen LogP contribution in [0.3, 0.4) is 0 Å².